The fourth-order valence-electron chi connectivity index (χ4n) is 5.48. The minimum atomic E-state index is -0.732. The van der Waals surface area contributed by atoms with Crippen molar-refractivity contribution in [3.05, 3.63) is 42.2 Å². The number of para-hydroxylation sites is 1. The number of pyridine rings is 1. The molecule has 2 aliphatic heterocycles. The number of esters is 1. The Morgan fingerprint density at radius 1 is 1.15 bits per heavy atom. The van der Waals surface area contributed by atoms with E-state index in [1.165, 1.54) is 12.0 Å². The molecule has 11 nitrogen and oxygen atoms in total. The number of methoxy groups -OCH3 is 1. The predicted molar refractivity (Wildman–Crippen MR) is 151 cm³/mol. The molecule has 2 aliphatic rings. The molecular weight excluding hydrogens is 512 g/mol. The zero-order chi connectivity index (χ0) is 28.4. The maximum Gasteiger partial charge on any atom is 0.411 e. The summed E-state index contributed by atoms with van der Waals surface area (Å²) in [5.41, 5.74) is 3.09. The monoisotopic (exact) mass is 550 g/mol. The van der Waals surface area contributed by atoms with E-state index in [1.807, 2.05) is 37.4 Å². The second kappa shape index (κ2) is 11.4. The van der Waals surface area contributed by atoms with Crippen LogP contribution in [0.5, 0.6) is 0 Å². The van der Waals surface area contributed by atoms with Crippen LogP contribution in [0.3, 0.4) is 0 Å². The van der Waals surface area contributed by atoms with Gasteiger partial charge in [0, 0.05) is 24.6 Å². The Labute approximate surface area is 234 Å². The van der Waals surface area contributed by atoms with Gasteiger partial charge in [-0.1, -0.05) is 18.2 Å². The SMILES string of the molecule is CNCCC1COCc2nc3cccc(-c4cccc(N[C@H]5C[C@@H](C(=O)OC)N(C(=O)OC(C)(C)C)C5)n4)c3n21. The molecule has 1 aromatic carbocycles. The summed E-state index contributed by atoms with van der Waals surface area (Å²) in [6, 6.07) is 11.2. The zero-order valence-electron chi connectivity index (χ0n) is 23.8. The van der Waals surface area contributed by atoms with Gasteiger partial charge in [-0.05, 0) is 59.0 Å². The van der Waals surface area contributed by atoms with Gasteiger partial charge in [-0.25, -0.2) is 19.6 Å². The molecule has 1 unspecified atom stereocenters. The molecule has 1 saturated heterocycles. The Morgan fingerprint density at radius 3 is 2.70 bits per heavy atom. The van der Waals surface area contributed by atoms with Crippen molar-refractivity contribution >= 4 is 28.9 Å². The summed E-state index contributed by atoms with van der Waals surface area (Å²) in [4.78, 5) is 36.6. The maximum atomic E-state index is 12.9. The number of hydrogen-bond donors (Lipinski definition) is 2. The maximum absolute atomic E-state index is 12.9. The van der Waals surface area contributed by atoms with E-state index in [0.717, 1.165) is 41.1 Å². The summed E-state index contributed by atoms with van der Waals surface area (Å²) in [7, 11) is 3.28. The van der Waals surface area contributed by atoms with Gasteiger partial charge >= 0.3 is 12.1 Å². The number of ether oxygens (including phenoxy) is 3. The first kappa shape index (κ1) is 27.9. The topological polar surface area (TPSA) is 120 Å². The van der Waals surface area contributed by atoms with Crippen molar-refractivity contribution in [3.8, 4) is 11.3 Å². The van der Waals surface area contributed by atoms with Gasteiger partial charge in [-0.2, -0.15) is 0 Å². The largest absolute Gasteiger partial charge is 0.467 e. The van der Waals surface area contributed by atoms with E-state index < -0.39 is 23.7 Å². The fraction of sp³-hybridized carbons (Fsp3) is 0.517. The van der Waals surface area contributed by atoms with E-state index in [1.54, 1.807) is 20.8 Å². The molecule has 0 bridgehead atoms. The summed E-state index contributed by atoms with van der Waals surface area (Å²) in [5.74, 6) is 1.11. The number of anilines is 1. The molecule has 0 aliphatic carbocycles. The first-order valence-corrected chi connectivity index (χ1v) is 13.7. The molecular formula is C29H38N6O5. The lowest BCUT2D eigenvalue weighted by Crippen LogP contribution is -2.44. The predicted octanol–water partition coefficient (Wildman–Crippen LogP) is 3.74. The van der Waals surface area contributed by atoms with Gasteiger partial charge in [0.15, 0.2) is 0 Å². The van der Waals surface area contributed by atoms with Gasteiger partial charge in [0.2, 0.25) is 0 Å². The lowest BCUT2D eigenvalue weighted by atomic mass is 10.1. The van der Waals surface area contributed by atoms with E-state index in [9.17, 15) is 9.59 Å². The van der Waals surface area contributed by atoms with Crippen LogP contribution in [0.2, 0.25) is 0 Å². The molecule has 2 aromatic heterocycles. The van der Waals surface area contributed by atoms with Crippen LogP contribution in [-0.4, -0.2) is 83.0 Å². The number of rotatable bonds is 7. The van der Waals surface area contributed by atoms with Crippen LogP contribution in [0.1, 0.15) is 45.5 Å². The minimum Gasteiger partial charge on any atom is -0.467 e. The number of likely N-dealkylation sites (tertiary alicyclic amines) is 1. The van der Waals surface area contributed by atoms with Gasteiger partial charge in [-0.15, -0.1) is 0 Å². The number of carbonyl (C=O) groups is 2. The molecule has 3 atom stereocenters. The third kappa shape index (κ3) is 5.75. The summed E-state index contributed by atoms with van der Waals surface area (Å²) in [6.07, 6.45) is 0.773. The van der Waals surface area contributed by atoms with Gasteiger partial charge in [0.1, 0.15) is 29.9 Å². The van der Waals surface area contributed by atoms with Crippen molar-refractivity contribution in [2.75, 3.05) is 39.2 Å². The first-order chi connectivity index (χ1) is 19.2. The molecule has 0 saturated carbocycles. The molecule has 1 amide bonds. The van der Waals surface area contributed by atoms with Crippen molar-refractivity contribution in [3.63, 3.8) is 0 Å². The Morgan fingerprint density at radius 2 is 1.95 bits per heavy atom. The Bertz CT molecular complexity index is 1380. The number of imidazole rings is 1. The van der Waals surface area contributed by atoms with Crippen molar-refractivity contribution in [2.45, 2.75) is 63.9 Å². The Kier molecular flexibility index (Phi) is 7.95. The first-order valence-electron chi connectivity index (χ1n) is 13.7. The molecule has 4 heterocycles. The van der Waals surface area contributed by atoms with Crippen LogP contribution < -0.4 is 10.6 Å². The molecule has 11 heteroatoms. The van der Waals surface area contributed by atoms with Crippen LogP contribution in [0.25, 0.3) is 22.3 Å². The lowest BCUT2D eigenvalue weighted by molar-refractivity contribution is -0.145. The highest BCUT2D eigenvalue weighted by Crippen LogP contribution is 2.34. The third-order valence-corrected chi connectivity index (χ3v) is 7.20. The van der Waals surface area contributed by atoms with E-state index in [-0.39, 0.29) is 12.1 Å². The molecule has 5 rings (SSSR count). The van der Waals surface area contributed by atoms with Gasteiger partial charge in [0.05, 0.1) is 36.5 Å². The third-order valence-electron chi connectivity index (χ3n) is 7.20. The molecule has 2 N–H and O–H groups in total. The van der Waals surface area contributed by atoms with Crippen LogP contribution in [0.4, 0.5) is 10.6 Å². The molecule has 0 radical (unpaired) electrons. The van der Waals surface area contributed by atoms with Gasteiger partial charge in [-0.3, -0.25) is 4.90 Å². The Hall–Kier alpha value is -3.70. The number of amides is 1. The van der Waals surface area contributed by atoms with Crippen LogP contribution >= 0.6 is 0 Å². The van der Waals surface area contributed by atoms with E-state index in [0.29, 0.717) is 32.0 Å². The molecule has 1 fully saturated rings. The summed E-state index contributed by atoms with van der Waals surface area (Å²) >= 11 is 0. The van der Waals surface area contributed by atoms with E-state index in [2.05, 4.69) is 21.3 Å². The van der Waals surface area contributed by atoms with E-state index in [4.69, 9.17) is 24.2 Å². The van der Waals surface area contributed by atoms with Crippen LogP contribution in [0, 0.1) is 0 Å². The molecule has 214 valence electrons. The lowest BCUT2D eigenvalue weighted by Gasteiger charge is -2.27. The minimum absolute atomic E-state index is 0.177. The average Bonchev–Trinajstić information content (AvgIpc) is 3.52. The highest BCUT2D eigenvalue weighted by atomic mass is 16.6. The van der Waals surface area contributed by atoms with E-state index >= 15 is 0 Å². The summed E-state index contributed by atoms with van der Waals surface area (Å²) in [5, 5.41) is 6.67. The second-order valence-electron chi connectivity index (χ2n) is 11.3. The average molecular weight is 551 g/mol. The van der Waals surface area contributed by atoms with Crippen molar-refractivity contribution in [2.24, 2.45) is 0 Å². The zero-order valence-corrected chi connectivity index (χ0v) is 23.8. The smallest absolute Gasteiger partial charge is 0.411 e. The molecule has 40 heavy (non-hydrogen) atoms. The summed E-state index contributed by atoms with van der Waals surface area (Å²) < 4.78 is 18.7. The number of carbonyl (C=O) groups excluding carboxylic acids is 2. The molecule has 3 aromatic rings. The quantitative estimate of drug-likeness (QED) is 0.424. The van der Waals surface area contributed by atoms with Gasteiger partial charge in [0.25, 0.3) is 0 Å². The van der Waals surface area contributed by atoms with Crippen LogP contribution in [0.15, 0.2) is 36.4 Å². The van der Waals surface area contributed by atoms with Crippen molar-refractivity contribution in [1.82, 2.24) is 24.8 Å². The number of fused-ring (bicyclic) bond motifs is 3. The molecule has 0 spiro atoms. The standard InChI is InChI=1S/C29H38N6O5/c1-29(2,3)40-28(37)34-15-18(14-23(34)27(36)38-5)31-24-11-7-9-21(32-24)20-8-6-10-22-26(20)35-19(12-13-30-4)16-39-17-25(35)33-22/h6-11,18-19,23,30H,12-17H2,1-5H3,(H,31,32)/t18-,19?,23-/m0/s1. The van der Waals surface area contributed by atoms with Crippen LogP contribution in [-0.2, 0) is 25.6 Å². The number of hydrogen-bond acceptors (Lipinski definition) is 9. The second-order valence-corrected chi connectivity index (χ2v) is 11.3. The number of benzene rings is 1. The Balaban J connectivity index is 1.42. The highest BCUT2D eigenvalue weighted by Gasteiger charge is 2.42. The highest BCUT2D eigenvalue weighted by molar-refractivity contribution is 5.92. The van der Waals surface area contributed by atoms with Crippen molar-refractivity contribution in [1.29, 1.82) is 0 Å². The number of nitrogens with zero attached hydrogens (tertiary/aromatic N) is 4. The number of aromatic nitrogens is 3. The normalized spacial score (nSPS) is 20.8. The summed E-state index contributed by atoms with van der Waals surface area (Å²) in [6.45, 7) is 7.69. The fourth-order valence-corrected chi connectivity index (χ4v) is 5.48. The number of nitrogens with one attached hydrogen (secondary N) is 2. The van der Waals surface area contributed by atoms with Gasteiger partial charge < -0.3 is 29.4 Å². The van der Waals surface area contributed by atoms with Crippen molar-refractivity contribution < 1.29 is 23.8 Å².